The number of fused-ring (bicyclic) bond motifs is 3. The normalized spacial score (nSPS) is 11.2. The SMILES string of the molecule is Cc1ccc(NC(=O)Cn2cnc3c([nH]c4ccccc43)c2=O)cc1C. The van der Waals surface area contributed by atoms with Gasteiger partial charge in [-0.05, 0) is 43.2 Å². The van der Waals surface area contributed by atoms with E-state index in [2.05, 4.69) is 15.3 Å². The molecule has 6 nitrogen and oxygen atoms in total. The van der Waals surface area contributed by atoms with Gasteiger partial charge in [0.2, 0.25) is 5.91 Å². The third-order valence-electron chi connectivity index (χ3n) is 4.58. The zero-order chi connectivity index (χ0) is 18.3. The van der Waals surface area contributed by atoms with Crippen LogP contribution in [0.3, 0.4) is 0 Å². The molecular weight excluding hydrogens is 328 g/mol. The fraction of sp³-hybridized carbons (Fsp3) is 0.150. The molecule has 0 atom stereocenters. The molecule has 0 spiro atoms. The van der Waals surface area contributed by atoms with Gasteiger partial charge in [-0.3, -0.25) is 14.2 Å². The molecule has 0 saturated heterocycles. The van der Waals surface area contributed by atoms with Gasteiger partial charge >= 0.3 is 0 Å². The summed E-state index contributed by atoms with van der Waals surface area (Å²) in [6.45, 7) is 3.91. The molecule has 0 unspecified atom stereocenters. The number of para-hydroxylation sites is 1. The molecule has 1 amide bonds. The Bertz CT molecular complexity index is 1200. The number of nitrogens with zero attached hydrogens (tertiary/aromatic N) is 2. The number of amides is 1. The lowest BCUT2D eigenvalue weighted by Crippen LogP contribution is -2.28. The summed E-state index contributed by atoms with van der Waals surface area (Å²) in [7, 11) is 0. The molecule has 4 aromatic rings. The van der Waals surface area contributed by atoms with Gasteiger partial charge in [0.1, 0.15) is 17.6 Å². The minimum Gasteiger partial charge on any atom is -0.349 e. The van der Waals surface area contributed by atoms with Crippen molar-refractivity contribution < 1.29 is 4.79 Å². The average Bonchev–Trinajstić information content (AvgIpc) is 3.00. The van der Waals surface area contributed by atoms with Gasteiger partial charge in [-0.15, -0.1) is 0 Å². The highest BCUT2D eigenvalue weighted by Crippen LogP contribution is 2.20. The fourth-order valence-electron chi connectivity index (χ4n) is 3.03. The minimum atomic E-state index is -0.271. The maximum Gasteiger partial charge on any atom is 0.278 e. The van der Waals surface area contributed by atoms with E-state index >= 15 is 0 Å². The smallest absolute Gasteiger partial charge is 0.278 e. The van der Waals surface area contributed by atoms with Gasteiger partial charge in [-0.1, -0.05) is 24.3 Å². The van der Waals surface area contributed by atoms with Crippen molar-refractivity contribution in [3.05, 3.63) is 70.3 Å². The number of benzene rings is 2. The van der Waals surface area contributed by atoms with Crippen LogP contribution in [0.25, 0.3) is 21.9 Å². The van der Waals surface area contributed by atoms with Gasteiger partial charge in [0.25, 0.3) is 5.56 Å². The van der Waals surface area contributed by atoms with Crippen LogP contribution >= 0.6 is 0 Å². The summed E-state index contributed by atoms with van der Waals surface area (Å²) in [5.41, 5.74) is 4.59. The molecule has 6 heteroatoms. The standard InChI is InChI=1S/C20H18N4O2/c1-12-7-8-14(9-13(12)2)22-17(25)10-24-11-21-18-15-5-3-4-6-16(15)23-19(18)20(24)26/h3-9,11,23H,10H2,1-2H3,(H,22,25). The molecular formula is C20H18N4O2. The Labute approximate surface area is 149 Å². The quantitative estimate of drug-likeness (QED) is 0.598. The molecule has 0 saturated carbocycles. The van der Waals surface area contributed by atoms with Crippen molar-refractivity contribution in [2.75, 3.05) is 5.32 Å². The number of aryl methyl sites for hydroxylation is 2. The lowest BCUT2D eigenvalue weighted by Gasteiger charge is -2.09. The molecule has 4 rings (SSSR count). The van der Waals surface area contributed by atoms with Crippen LogP contribution in [0, 0.1) is 13.8 Å². The highest BCUT2D eigenvalue weighted by molar-refractivity contribution is 6.04. The molecule has 2 aromatic carbocycles. The largest absolute Gasteiger partial charge is 0.349 e. The summed E-state index contributed by atoms with van der Waals surface area (Å²) < 4.78 is 1.31. The molecule has 26 heavy (non-hydrogen) atoms. The van der Waals surface area contributed by atoms with Crippen LogP contribution in [0.2, 0.25) is 0 Å². The lowest BCUT2D eigenvalue weighted by atomic mass is 10.1. The van der Waals surface area contributed by atoms with E-state index in [1.165, 1.54) is 10.9 Å². The number of H-pyrrole nitrogens is 1. The fourth-order valence-corrected chi connectivity index (χ4v) is 3.03. The second kappa shape index (κ2) is 6.15. The first-order valence-corrected chi connectivity index (χ1v) is 8.36. The van der Waals surface area contributed by atoms with E-state index in [0.29, 0.717) is 16.7 Å². The van der Waals surface area contributed by atoms with Crippen molar-refractivity contribution in [3.63, 3.8) is 0 Å². The van der Waals surface area contributed by atoms with Gasteiger partial charge in [0.15, 0.2) is 0 Å². The predicted molar refractivity (Wildman–Crippen MR) is 102 cm³/mol. The zero-order valence-corrected chi connectivity index (χ0v) is 14.5. The molecule has 2 heterocycles. The Kier molecular flexibility index (Phi) is 3.80. The van der Waals surface area contributed by atoms with Crippen molar-refractivity contribution in [1.29, 1.82) is 0 Å². The van der Waals surface area contributed by atoms with E-state index in [0.717, 1.165) is 22.0 Å². The predicted octanol–water partition coefficient (Wildman–Crippen LogP) is 3.13. The summed E-state index contributed by atoms with van der Waals surface area (Å²) in [5.74, 6) is -0.271. The van der Waals surface area contributed by atoms with E-state index in [1.807, 2.05) is 56.3 Å². The first-order chi connectivity index (χ1) is 12.5. The number of aromatic amines is 1. The van der Waals surface area contributed by atoms with Crippen LogP contribution in [0.1, 0.15) is 11.1 Å². The Morgan fingerprint density at radius 1 is 1.15 bits per heavy atom. The first kappa shape index (κ1) is 16.1. The van der Waals surface area contributed by atoms with Crippen molar-refractivity contribution in [2.24, 2.45) is 0 Å². The van der Waals surface area contributed by atoms with Crippen LogP contribution in [0.15, 0.2) is 53.6 Å². The summed E-state index contributed by atoms with van der Waals surface area (Å²) in [6.07, 6.45) is 1.42. The Morgan fingerprint density at radius 3 is 2.77 bits per heavy atom. The number of carbonyl (C=O) groups is 1. The molecule has 0 radical (unpaired) electrons. The number of rotatable bonds is 3. The van der Waals surface area contributed by atoms with Crippen LogP contribution in [0.5, 0.6) is 0 Å². The first-order valence-electron chi connectivity index (χ1n) is 8.36. The number of hydrogen-bond donors (Lipinski definition) is 2. The number of aromatic nitrogens is 3. The van der Waals surface area contributed by atoms with Crippen LogP contribution in [-0.4, -0.2) is 20.4 Å². The summed E-state index contributed by atoms with van der Waals surface area (Å²) >= 11 is 0. The van der Waals surface area contributed by atoms with Gasteiger partial charge in [-0.25, -0.2) is 4.98 Å². The van der Waals surface area contributed by atoms with Gasteiger partial charge < -0.3 is 10.3 Å². The van der Waals surface area contributed by atoms with Crippen LogP contribution in [0.4, 0.5) is 5.69 Å². The molecule has 0 aliphatic heterocycles. The van der Waals surface area contributed by atoms with E-state index in [4.69, 9.17) is 0 Å². The van der Waals surface area contributed by atoms with Crippen LogP contribution in [-0.2, 0) is 11.3 Å². The molecule has 0 bridgehead atoms. The summed E-state index contributed by atoms with van der Waals surface area (Å²) in [5, 5.41) is 3.72. The topological polar surface area (TPSA) is 79.8 Å². The second-order valence-corrected chi connectivity index (χ2v) is 6.42. The molecule has 0 aliphatic rings. The third kappa shape index (κ3) is 2.75. The Morgan fingerprint density at radius 2 is 1.96 bits per heavy atom. The van der Waals surface area contributed by atoms with Crippen molar-refractivity contribution in [1.82, 2.24) is 14.5 Å². The van der Waals surface area contributed by atoms with Crippen molar-refractivity contribution in [2.45, 2.75) is 20.4 Å². The maximum absolute atomic E-state index is 12.7. The summed E-state index contributed by atoms with van der Waals surface area (Å²) in [6, 6.07) is 13.3. The van der Waals surface area contributed by atoms with Crippen LogP contribution < -0.4 is 10.9 Å². The van der Waals surface area contributed by atoms with E-state index in [-0.39, 0.29) is 18.0 Å². The van der Waals surface area contributed by atoms with E-state index in [1.54, 1.807) is 0 Å². The molecule has 130 valence electrons. The number of hydrogen-bond acceptors (Lipinski definition) is 3. The monoisotopic (exact) mass is 346 g/mol. The highest BCUT2D eigenvalue weighted by atomic mass is 16.2. The number of nitrogens with one attached hydrogen (secondary N) is 2. The third-order valence-corrected chi connectivity index (χ3v) is 4.58. The van der Waals surface area contributed by atoms with Crippen molar-refractivity contribution >= 4 is 33.5 Å². The van der Waals surface area contributed by atoms with Gasteiger partial charge in [-0.2, -0.15) is 0 Å². The van der Waals surface area contributed by atoms with E-state index < -0.39 is 0 Å². The summed E-state index contributed by atoms with van der Waals surface area (Å²) in [4.78, 5) is 32.5. The molecule has 0 fully saturated rings. The van der Waals surface area contributed by atoms with Crippen molar-refractivity contribution in [3.8, 4) is 0 Å². The highest BCUT2D eigenvalue weighted by Gasteiger charge is 2.12. The Balaban J connectivity index is 1.63. The average molecular weight is 346 g/mol. The van der Waals surface area contributed by atoms with E-state index in [9.17, 15) is 9.59 Å². The minimum absolute atomic E-state index is 0.0932. The van der Waals surface area contributed by atoms with Gasteiger partial charge in [0.05, 0.1) is 6.33 Å². The number of anilines is 1. The molecule has 2 aromatic heterocycles. The number of carbonyl (C=O) groups excluding carboxylic acids is 1. The molecule has 2 N–H and O–H groups in total. The molecule has 0 aliphatic carbocycles. The zero-order valence-electron chi connectivity index (χ0n) is 14.5. The Hall–Kier alpha value is -3.41. The van der Waals surface area contributed by atoms with Gasteiger partial charge in [0, 0.05) is 16.6 Å². The lowest BCUT2D eigenvalue weighted by molar-refractivity contribution is -0.116. The second-order valence-electron chi connectivity index (χ2n) is 6.42. The maximum atomic E-state index is 12.7.